The van der Waals surface area contributed by atoms with Crippen LogP contribution in [0.2, 0.25) is 10.0 Å². The quantitative estimate of drug-likeness (QED) is 0.533. The standard InChI is InChI=1S/C13H16Cl2INO2/c1-7(17-12(18)19-13(2,3)4)8-5-6-9(16)11(15)10(8)14/h5-7H,1-4H3,(H,17,18). The van der Waals surface area contributed by atoms with Crippen molar-refractivity contribution in [3.05, 3.63) is 31.3 Å². The Balaban J connectivity index is 2.82. The summed E-state index contributed by atoms with van der Waals surface area (Å²) in [4.78, 5) is 11.7. The third kappa shape index (κ3) is 5.00. The van der Waals surface area contributed by atoms with Crippen LogP contribution in [0.3, 0.4) is 0 Å². The van der Waals surface area contributed by atoms with Crippen molar-refractivity contribution in [3.63, 3.8) is 0 Å². The first-order valence-corrected chi connectivity index (χ1v) is 7.58. The highest BCUT2D eigenvalue weighted by Gasteiger charge is 2.20. The summed E-state index contributed by atoms with van der Waals surface area (Å²) in [6.45, 7) is 7.26. The predicted octanol–water partition coefficient (Wildman–Crippen LogP) is 5.18. The molecule has 0 aromatic heterocycles. The van der Waals surface area contributed by atoms with Crippen molar-refractivity contribution in [1.29, 1.82) is 0 Å². The fraction of sp³-hybridized carbons (Fsp3) is 0.462. The molecule has 1 unspecified atom stereocenters. The largest absolute Gasteiger partial charge is 0.444 e. The van der Waals surface area contributed by atoms with Crippen LogP contribution in [0.1, 0.15) is 39.3 Å². The number of benzene rings is 1. The minimum atomic E-state index is -0.530. The maximum absolute atomic E-state index is 11.7. The molecule has 0 radical (unpaired) electrons. The van der Waals surface area contributed by atoms with Gasteiger partial charge in [0.25, 0.3) is 0 Å². The van der Waals surface area contributed by atoms with Gasteiger partial charge >= 0.3 is 6.09 Å². The summed E-state index contributed by atoms with van der Waals surface area (Å²) in [6, 6.07) is 3.42. The van der Waals surface area contributed by atoms with E-state index in [-0.39, 0.29) is 6.04 Å². The summed E-state index contributed by atoms with van der Waals surface area (Å²) in [5.74, 6) is 0. The van der Waals surface area contributed by atoms with Crippen LogP contribution in [0.25, 0.3) is 0 Å². The van der Waals surface area contributed by atoms with E-state index in [1.807, 2.05) is 39.8 Å². The van der Waals surface area contributed by atoms with Crippen LogP contribution < -0.4 is 5.32 Å². The highest BCUT2D eigenvalue weighted by Crippen LogP contribution is 2.33. The van der Waals surface area contributed by atoms with Gasteiger partial charge in [0, 0.05) is 3.57 Å². The molecule has 0 aliphatic carbocycles. The number of hydrogen-bond acceptors (Lipinski definition) is 2. The summed E-state index contributed by atoms with van der Waals surface area (Å²) >= 11 is 14.4. The molecule has 106 valence electrons. The molecule has 0 fully saturated rings. The highest BCUT2D eigenvalue weighted by molar-refractivity contribution is 14.1. The maximum atomic E-state index is 11.7. The zero-order valence-corrected chi connectivity index (χ0v) is 14.9. The summed E-state index contributed by atoms with van der Waals surface area (Å²) in [6.07, 6.45) is -0.481. The molecule has 0 saturated carbocycles. The average molecular weight is 416 g/mol. The lowest BCUT2D eigenvalue weighted by molar-refractivity contribution is 0.0508. The topological polar surface area (TPSA) is 38.3 Å². The van der Waals surface area contributed by atoms with E-state index in [4.69, 9.17) is 27.9 Å². The summed E-state index contributed by atoms with van der Waals surface area (Å²) in [5.41, 5.74) is 0.232. The van der Waals surface area contributed by atoms with E-state index in [1.54, 1.807) is 0 Å². The molecule has 1 amide bonds. The van der Waals surface area contributed by atoms with E-state index in [1.165, 1.54) is 0 Å². The molecule has 19 heavy (non-hydrogen) atoms. The van der Waals surface area contributed by atoms with Crippen LogP contribution in [0.5, 0.6) is 0 Å². The molecule has 3 nitrogen and oxygen atoms in total. The van der Waals surface area contributed by atoms with Gasteiger partial charge in [-0.2, -0.15) is 0 Å². The fourth-order valence-electron chi connectivity index (χ4n) is 1.44. The lowest BCUT2D eigenvalue weighted by Crippen LogP contribution is -2.34. The molecule has 6 heteroatoms. The number of carbonyl (C=O) groups excluding carboxylic acids is 1. The first kappa shape index (κ1) is 16.9. The third-order valence-electron chi connectivity index (χ3n) is 2.26. The Labute approximate surface area is 137 Å². The Morgan fingerprint density at radius 3 is 2.42 bits per heavy atom. The third-order valence-corrected chi connectivity index (χ3v) is 4.38. The van der Waals surface area contributed by atoms with Gasteiger partial charge in [-0.3, -0.25) is 0 Å². The molecule has 1 aromatic rings. The van der Waals surface area contributed by atoms with E-state index < -0.39 is 11.7 Å². The SMILES string of the molecule is CC(NC(=O)OC(C)(C)C)c1ccc(I)c(Cl)c1Cl. The lowest BCUT2D eigenvalue weighted by atomic mass is 10.1. The van der Waals surface area contributed by atoms with Crippen molar-refractivity contribution in [3.8, 4) is 0 Å². The van der Waals surface area contributed by atoms with E-state index in [0.29, 0.717) is 10.0 Å². The van der Waals surface area contributed by atoms with Gasteiger partial charge in [0.05, 0.1) is 16.1 Å². The number of carbonyl (C=O) groups is 1. The smallest absolute Gasteiger partial charge is 0.408 e. The molecule has 0 saturated heterocycles. The molecular formula is C13H16Cl2INO2. The molecule has 1 atom stereocenters. The minimum Gasteiger partial charge on any atom is -0.444 e. The molecule has 1 N–H and O–H groups in total. The molecule has 0 aliphatic rings. The van der Waals surface area contributed by atoms with Gasteiger partial charge in [0.2, 0.25) is 0 Å². The molecule has 0 aliphatic heterocycles. The normalized spacial score (nSPS) is 13.0. The highest BCUT2D eigenvalue weighted by atomic mass is 127. The molecule has 1 aromatic carbocycles. The van der Waals surface area contributed by atoms with E-state index in [0.717, 1.165) is 9.13 Å². The first-order valence-electron chi connectivity index (χ1n) is 5.74. The summed E-state index contributed by atoms with van der Waals surface area (Å²) < 4.78 is 6.07. The Hall–Kier alpha value is -0.200. The lowest BCUT2D eigenvalue weighted by Gasteiger charge is -2.22. The van der Waals surface area contributed by atoms with Gasteiger partial charge < -0.3 is 10.1 Å². The van der Waals surface area contributed by atoms with Gasteiger partial charge in [-0.1, -0.05) is 29.3 Å². The Kier molecular flexibility index (Phi) is 5.77. The number of amides is 1. The second-order valence-electron chi connectivity index (χ2n) is 5.13. The van der Waals surface area contributed by atoms with Crippen LogP contribution in [0, 0.1) is 3.57 Å². The van der Waals surface area contributed by atoms with Crippen molar-refractivity contribution in [2.75, 3.05) is 0 Å². The number of halogens is 3. The van der Waals surface area contributed by atoms with Crippen LogP contribution in [0.4, 0.5) is 4.79 Å². The molecule has 0 bridgehead atoms. The fourth-order valence-corrected chi connectivity index (χ4v) is 2.55. The van der Waals surface area contributed by atoms with E-state index >= 15 is 0 Å². The van der Waals surface area contributed by atoms with Crippen molar-refractivity contribution in [2.24, 2.45) is 0 Å². The zero-order chi connectivity index (χ0) is 14.8. The average Bonchev–Trinajstić information content (AvgIpc) is 2.23. The van der Waals surface area contributed by atoms with Crippen LogP contribution in [-0.4, -0.2) is 11.7 Å². The summed E-state index contributed by atoms with van der Waals surface area (Å²) in [5, 5.41) is 3.69. The molecule has 0 heterocycles. The van der Waals surface area contributed by atoms with Crippen LogP contribution >= 0.6 is 45.8 Å². The van der Waals surface area contributed by atoms with Gasteiger partial charge in [0.1, 0.15) is 5.60 Å². The summed E-state index contributed by atoms with van der Waals surface area (Å²) in [7, 11) is 0. The van der Waals surface area contributed by atoms with Crippen LogP contribution in [0.15, 0.2) is 12.1 Å². The number of alkyl carbamates (subject to hydrolysis) is 1. The second kappa shape index (κ2) is 6.50. The maximum Gasteiger partial charge on any atom is 0.408 e. The zero-order valence-electron chi connectivity index (χ0n) is 11.2. The van der Waals surface area contributed by atoms with Gasteiger partial charge in [-0.15, -0.1) is 0 Å². The van der Waals surface area contributed by atoms with E-state index in [9.17, 15) is 4.79 Å². The predicted molar refractivity (Wildman–Crippen MR) is 87.0 cm³/mol. The van der Waals surface area contributed by atoms with Gasteiger partial charge in [-0.25, -0.2) is 4.79 Å². The van der Waals surface area contributed by atoms with Crippen molar-refractivity contribution < 1.29 is 9.53 Å². The first-order chi connectivity index (χ1) is 8.61. The monoisotopic (exact) mass is 415 g/mol. The van der Waals surface area contributed by atoms with Gasteiger partial charge in [0.15, 0.2) is 0 Å². The number of nitrogens with one attached hydrogen (secondary N) is 1. The molecule has 0 spiro atoms. The Bertz CT molecular complexity index is 486. The number of ether oxygens (including phenoxy) is 1. The molecular weight excluding hydrogens is 400 g/mol. The van der Waals surface area contributed by atoms with Crippen LogP contribution in [-0.2, 0) is 4.74 Å². The number of hydrogen-bond donors (Lipinski definition) is 1. The van der Waals surface area contributed by atoms with Crippen molar-refractivity contribution >= 4 is 51.9 Å². The van der Waals surface area contributed by atoms with Crippen molar-refractivity contribution in [1.82, 2.24) is 5.32 Å². The number of rotatable bonds is 2. The van der Waals surface area contributed by atoms with Gasteiger partial charge in [-0.05, 0) is 61.9 Å². The van der Waals surface area contributed by atoms with E-state index in [2.05, 4.69) is 27.9 Å². The molecule has 1 rings (SSSR count). The Morgan fingerprint density at radius 2 is 1.89 bits per heavy atom. The minimum absolute atomic E-state index is 0.281. The van der Waals surface area contributed by atoms with Crippen molar-refractivity contribution in [2.45, 2.75) is 39.3 Å². The Morgan fingerprint density at radius 1 is 1.32 bits per heavy atom. The second-order valence-corrected chi connectivity index (χ2v) is 7.05.